The van der Waals surface area contributed by atoms with Gasteiger partial charge in [-0.1, -0.05) is 30.3 Å². The van der Waals surface area contributed by atoms with Gasteiger partial charge in [-0.3, -0.25) is 19.3 Å². The molecule has 1 aromatic carbocycles. The number of H-pyrrole nitrogens is 1. The number of aromatic amines is 1. The Bertz CT molecular complexity index is 814. The monoisotopic (exact) mass is 354 g/mol. The minimum absolute atomic E-state index is 0.0904. The number of hydrogen-bond acceptors (Lipinski definition) is 4. The number of amides is 2. The maximum Gasteiger partial charge on any atom is 0.253 e. The van der Waals surface area contributed by atoms with Gasteiger partial charge < -0.3 is 15.6 Å². The number of aromatic nitrogens is 1. The van der Waals surface area contributed by atoms with E-state index >= 15 is 0 Å². The van der Waals surface area contributed by atoms with Crippen LogP contribution in [0.1, 0.15) is 15.9 Å². The lowest BCUT2D eigenvalue weighted by atomic mass is 10.0. The zero-order valence-corrected chi connectivity index (χ0v) is 14.6. The van der Waals surface area contributed by atoms with E-state index in [1.807, 2.05) is 30.3 Å². The third-order valence-electron chi connectivity index (χ3n) is 4.59. The molecule has 1 aliphatic rings. The number of carbonyl (C=O) groups is 2. The summed E-state index contributed by atoms with van der Waals surface area (Å²) in [5.41, 5.74) is 1.26. The predicted molar refractivity (Wildman–Crippen MR) is 97.6 cm³/mol. The normalized spacial score (nSPS) is 19.9. The first-order chi connectivity index (χ1) is 12.6. The molecule has 3 N–H and O–H groups in total. The van der Waals surface area contributed by atoms with Crippen molar-refractivity contribution in [3.8, 4) is 0 Å². The van der Waals surface area contributed by atoms with Crippen LogP contribution in [0.25, 0.3) is 0 Å². The number of likely N-dealkylation sites (tertiary alicyclic amines) is 1. The molecule has 0 saturated carbocycles. The highest BCUT2D eigenvalue weighted by Gasteiger charge is 2.38. The largest absolute Gasteiger partial charge is 0.359 e. The molecule has 136 valence electrons. The molecular formula is C19H22N4O3. The molecule has 0 radical (unpaired) electrons. The van der Waals surface area contributed by atoms with Crippen LogP contribution >= 0.6 is 0 Å². The van der Waals surface area contributed by atoms with E-state index in [-0.39, 0.29) is 29.3 Å². The molecule has 2 aromatic rings. The zero-order valence-electron chi connectivity index (χ0n) is 14.6. The Morgan fingerprint density at radius 1 is 1.15 bits per heavy atom. The van der Waals surface area contributed by atoms with Gasteiger partial charge in [0.25, 0.3) is 5.91 Å². The minimum atomic E-state index is -0.324. The highest BCUT2D eigenvalue weighted by atomic mass is 16.2. The van der Waals surface area contributed by atoms with Gasteiger partial charge in [0, 0.05) is 38.9 Å². The van der Waals surface area contributed by atoms with Gasteiger partial charge in [-0.15, -0.1) is 0 Å². The van der Waals surface area contributed by atoms with Gasteiger partial charge >= 0.3 is 0 Å². The lowest BCUT2D eigenvalue weighted by molar-refractivity contribution is -0.124. The number of hydrogen-bond donors (Lipinski definition) is 3. The fourth-order valence-corrected chi connectivity index (χ4v) is 3.26. The van der Waals surface area contributed by atoms with Crippen molar-refractivity contribution in [3.05, 3.63) is 70.1 Å². The van der Waals surface area contributed by atoms with E-state index in [0.717, 1.165) is 12.1 Å². The van der Waals surface area contributed by atoms with Crippen molar-refractivity contribution in [1.82, 2.24) is 20.5 Å². The van der Waals surface area contributed by atoms with Crippen LogP contribution in [-0.2, 0) is 11.3 Å². The lowest BCUT2D eigenvalue weighted by Crippen LogP contribution is -2.45. The summed E-state index contributed by atoms with van der Waals surface area (Å²) in [6.45, 7) is 1.88. The summed E-state index contributed by atoms with van der Waals surface area (Å²) in [5, 5.41) is 5.61. The average Bonchev–Trinajstić information content (AvgIpc) is 3.04. The minimum Gasteiger partial charge on any atom is -0.359 e. The summed E-state index contributed by atoms with van der Waals surface area (Å²) in [5.74, 6) is -0.718. The first kappa shape index (κ1) is 17.9. The standard InChI is InChI=1S/C19H22N4O3/c1-20-19(26)15-11-23(10-13-5-3-2-4-6-13)12-16(15)22-18(25)14-7-8-17(24)21-9-14/h2-9,15-16H,10-12H2,1H3,(H,20,26)(H,21,24)(H,22,25)/t15-,16-/m0/s1. The number of benzene rings is 1. The van der Waals surface area contributed by atoms with E-state index in [1.165, 1.54) is 18.3 Å². The van der Waals surface area contributed by atoms with Gasteiger partial charge in [0.15, 0.2) is 0 Å². The van der Waals surface area contributed by atoms with E-state index in [2.05, 4.69) is 20.5 Å². The smallest absolute Gasteiger partial charge is 0.253 e. The molecule has 1 aromatic heterocycles. The second-order valence-electron chi connectivity index (χ2n) is 6.42. The molecule has 0 spiro atoms. The first-order valence-corrected chi connectivity index (χ1v) is 8.54. The van der Waals surface area contributed by atoms with Crippen molar-refractivity contribution < 1.29 is 9.59 Å². The molecule has 7 heteroatoms. The predicted octanol–water partition coefficient (Wildman–Crippen LogP) is 0.351. The molecule has 2 atom stereocenters. The van der Waals surface area contributed by atoms with E-state index in [1.54, 1.807) is 7.05 Å². The van der Waals surface area contributed by atoms with Crippen molar-refractivity contribution in [2.75, 3.05) is 20.1 Å². The summed E-state index contributed by atoms with van der Waals surface area (Å²) in [6.07, 6.45) is 1.38. The van der Waals surface area contributed by atoms with Gasteiger partial charge in [0.1, 0.15) is 0 Å². The molecule has 7 nitrogen and oxygen atoms in total. The lowest BCUT2D eigenvalue weighted by Gasteiger charge is -2.18. The van der Waals surface area contributed by atoms with Crippen molar-refractivity contribution in [3.63, 3.8) is 0 Å². The Kier molecular flexibility index (Phi) is 5.48. The van der Waals surface area contributed by atoms with Gasteiger partial charge in [-0.2, -0.15) is 0 Å². The van der Waals surface area contributed by atoms with E-state index in [4.69, 9.17) is 0 Å². The topological polar surface area (TPSA) is 94.3 Å². The van der Waals surface area contributed by atoms with Crippen molar-refractivity contribution in [2.45, 2.75) is 12.6 Å². The highest BCUT2D eigenvalue weighted by molar-refractivity contribution is 5.94. The Labute approximate surface area is 151 Å². The van der Waals surface area contributed by atoms with Crippen LogP contribution in [0.4, 0.5) is 0 Å². The maximum absolute atomic E-state index is 12.5. The number of carbonyl (C=O) groups excluding carboxylic acids is 2. The zero-order chi connectivity index (χ0) is 18.5. The summed E-state index contributed by atoms with van der Waals surface area (Å²) >= 11 is 0. The van der Waals surface area contributed by atoms with Crippen molar-refractivity contribution in [2.24, 2.45) is 5.92 Å². The van der Waals surface area contributed by atoms with Crippen LogP contribution < -0.4 is 16.2 Å². The summed E-state index contributed by atoms with van der Waals surface area (Å²) in [6, 6.07) is 12.5. The van der Waals surface area contributed by atoms with Crippen LogP contribution in [0, 0.1) is 5.92 Å². The van der Waals surface area contributed by atoms with Gasteiger partial charge in [0.2, 0.25) is 11.5 Å². The quantitative estimate of drug-likeness (QED) is 0.722. The molecule has 1 saturated heterocycles. The highest BCUT2D eigenvalue weighted by Crippen LogP contribution is 2.20. The molecule has 26 heavy (non-hydrogen) atoms. The molecule has 2 amide bonds. The van der Waals surface area contributed by atoms with E-state index in [0.29, 0.717) is 18.7 Å². The molecule has 1 aliphatic heterocycles. The van der Waals surface area contributed by atoms with Gasteiger partial charge in [0.05, 0.1) is 17.5 Å². The third kappa shape index (κ3) is 4.18. The summed E-state index contributed by atoms with van der Waals surface area (Å²) in [4.78, 5) is 40.5. The fourth-order valence-electron chi connectivity index (χ4n) is 3.26. The summed E-state index contributed by atoms with van der Waals surface area (Å²) in [7, 11) is 1.60. The number of nitrogens with one attached hydrogen (secondary N) is 3. The molecule has 3 rings (SSSR count). The number of pyridine rings is 1. The maximum atomic E-state index is 12.5. The Balaban J connectivity index is 1.70. The fraction of sp³-hybridized carbons (Fsp3) is 0.316. The van der Waals surface area contributed by atoms with Crippen LogP contribution in [0.15, 0.2) is 53.5 Å². The molecule has 2 heterocycles. The Hall–Kier alpha value is -2.93. The number of nitrogens with zero attached hydrogens (tertiary/aromatic N) is 1. The third-order valence-corrected chi connectivity index (χ3v) is 4.59. The van der Waals surface area contributed by atoms with Crippen LogP contribution in [0.3, 0.4) is 0 Å². The van der Waals surface area contributed by atoms with Crippen LogP contribution in [-0.4, -0.2) is 47.9 Å². The molecule has 0 bridgehead atoms. The molecule has 1 fully saturated rings. The number of rotatable bonds is 5. The Morgan fingerprint density at radius 3 is 2.58 bits per heavy atom. The van der Waals surface area contributed by atoms with E-state index in [9.17, 15) is 14.4 Å². The van der Waals surface area contributed by atoms with Crippen LogP contribution in [0.2, 0.25) is 0 Å². The molecular weight excluding hydrogens is 332 g/mol. The first-order valence-electron chi connectivity index (χ1n) is 8.54. The van der Waals surface area contributed by atoms with E-state index < -0.39 is 0 Å². The average molecular weight is 354 g/mol. The van der Waals surface area contributed by atoms with Crippen LogP contribution in [0.5, 0.6) is 0 Å². The second kappa shape index (κ2) is 7.97. The van der Waals surface area contributed by atoms with Crippen molar-refractivity contribution in [1.29, 1.82) is 0 Å². The van der Waals surface area contributed by atoms with Crippen molar-refractivity contribution >= 4 is 11.8 Å². The van der Waals surface area contributed by atoms with Gasteiger partial charge in [-0.05, 0) is 11.6 Å². The SMILES string of the molecule is CNC(=O)[C@H]1CN(Cc2ccccc2)C[C@@H]1NC(=O)c1ccc(=O)[nH]c1. The second-order valence-corrected chi connectivity index (χ2v) is 6.42. The molecule has 0 aliphatic carbocycles. The molecule has 0 unspecified atom stereocenters. The summed E-state index contributed by atoms with van der Waals surface area (Å²) < 4.78 is 0. The Morgan fingerprint density at radius 2 is 1.92 bits per heavy atom. The van der Waals surface area contributed by atoms with Gasteiger partial charge in [-0.25, -0.2) is 0 Å².